The fraction of sp³-hybridized carbons (Fsp3) is 0.235. The van der Waals surface area contributed by atoms with Gasteiger partial charge in [0.25, 0.3) is 5.91 Å². The number of nitro benzene ring substituents is 1. The van der Waals surface area contributed by atoms with Crippen LogP contribution >= 0.6 is 0 Å². The fourth-order valence-electron chi connectivity index (χ4n) is 2.08. The molecule has 7 nitrogen and oxygen atoms in total. The predicted molar refractivity (Wildman–Crippen MR) is 88.3 cm³/mol. The number of amides is 1. The molecule has 0 bridgehead atoms. The van der Waals surface area contributed by atoms with Crippen molar-refractivity contribution in [3.8, 4) is 11.5 Å². The summed E-state index contributed by atoms with van der Waals surface area (Å²) in [6.07, 6.45) is 0.536. The molecule has 132 valence electrons. The maximum atomic E-state index is 12.8. The average molecular weight is 348 g/mol. The van der Waals surface area contributed by atoms with Crippen molar-refractivity contribution in [3.05, 3.63) is 64.0 Å². The van der Waals surface area contributed by atoms with Crippen molar-refractivity contribution in [2.45, 2.75) is 6.42 Å². The standard InChI is InChI=1S/C17H17FN2O5/c1-24-14-6-7-16(15(10-14)20(22)23)25-11-17(21)19-9-8-12-2-4-13(18)5-3-12/h2-7,10H,8-9,11H2,1H3,(H,19,21). The Kier molecular flexibility index (Phi) is 6.27. The Morgan fingerprint density at radius 3 is 2.60 bits per heavy atom. The van der Waals surface area contributed by atoms with Gasteiger partial charge in [-0.15, -0.1) is 0 Å². The van der Waals surface area contributed by atoms with Crippen molar-refractivity contribution in [3.63, 3.8) is 0 Å². The summed E-state index contributed by atoms with van der Waals surface area (Å²) in [5, 5.41) is 13.7. The molecule has 1 amide bonds. The number of halogens is 1. The second-order valence-electron chi connectivity index (χ2n) is 5.11. The lowest BCUT2D eigenvalue weighted by Crippen LogP contribution is -2.30. The van der Waals surface area contributed by atoms with Gasteiger partial charge in [-0.3, -0.25) is 14.9 Å². The van der Waals surface area contributed by atoms with E-state index >= 15 is 0 Å². The number of methoxy groups -OCH3 is 1. The van der Waals surface area contributed by atoms with Crippen LogP contribution < -0.4 is 14.8 Å². The molecular weight excluding hydrogens is 331 g/mol. The molecule has 2 aromatic carbocycles. The Morgan fingerprint density at radius 1 is 1.24 bits per heavy atom. The molecule has 0 aromatic heterocycles. The van der Waals surface area contributed by atoms with Gasteiger partial charge >= 0.3 is 5.69 Å². The third-order valence-corrected chi connectivity index (χ3v) is 3.37. The van der Waals surface area contributed by atoms with E-state index in [1.165, 1.54) is 37.4 Å². The highest BCUT2D eigenvalue weighted by Crippen LogP contribution is 2.30. The van der Waals surface area contributed by atoms with Gasteiger partial charge in [-0.05, 0) is 36.2 Å². The number of nitrogens with one attached hydrogen (secondary N) is 1. The molecule has 0 atom stereocenters. The van der Waals surface area contributed by atoms with Crippen molar-refractivity contribution in [1.82, 2.24) is 5.32 Å². The molecule has 0 aliphatic heterocycles. The van der Waals surface area contributed by atoms with Crippen molar-refractivity contribution in [2.24, 2.45) is 0 Å². The van der Waals surface area contributed by atoms with E-state index in [1.807, 2.05) is 0 Å². The monoisotopic (exact) mass is 348 g/mol. The van der Waals surface area contributed by atoms with Gasteiger partial charge < -0.3 is 14.8 Å². The van der Waals surface area contributed by atoms with Crippen LogP contribution in [0.15, 0.2) is 42.5 Å². The number of hydrogen-bond donors (Lipinski definition) is 1. The molecule has 0 spiro atoms. The van der Waals surface area contributed by atoms with Crippen LogP contribution in [0.5, 0.6) is 11.5 Å². The van der Waals surface area contributed by atoms with Crippen molar-refractivity contribution < 1.29 is 23.6 Å². The molecule has 8 heteroatoms. The van der Waals surface area contributed by atoms with Crippen LogP contribution in [0.1, 0.15) is 5.56 Å². The molecule has 1 N–H and O–H groups in total. The first kappa shape index (κ1) is 18.2. The van der Waals surface area contributed by atoms with Crippen LogP contribution in [0, 0.1) is 15.9 Å². The minimum absolute atomic E-state index is 0.0144. The SMILES string of the molecule is COc1ccc(OCC(=O)NCCc2ccc(F)cc2)c([N+](=O)[O-])c1. The molecule has 0 aliphatic carbocycles. The average Bonchev–Trinajstić information content (AvgIpc) is 2.61. The highest BCUT2D eigenvalue weighted by Gasteiger charge is 2.17. The summed E-state index contributed by atoms with van der Waals surface area (Å²) in [4.78, 5) is 22.2. The van der Waals surface area contributed by atoms with E-state index in [1.54, 1.807) is 12.1 Å². The summed E-state index contributed by atoms with van der Waals surface area (Å²) >= 11 is 0. The first-order valence-electron chi connectivity index (χ1n) is 7.46. The number of ether oxygens (including phenoxy) is 2. The van der Waals surface area contributed by atoms with E-state index in [4.69, 9.17) is 9.47 Å². The van der Waals surface area contributed by atoms with E-state index in [0.29, 0.717) is 18.7 Å². The summed E-state index contributed by atoms with van der Waals surface area (Å²) < 4.78 is 22.9. The van der Waals surface area contributed by atoms with Gasteiger partial charge in [-0.25, -0.2) is 4.39 Å². The van der Waals surface area contributed by atoms with E-state index in [-0.39, 0.29) is 23.9 Å². The number of nitro groups is 1. The highest BCUT2D eigenvalue weighted by atomic mass is 19.1. The van der Waals surface area contributed by atoms with Gasteiger partial charge in [0.15, 0.2) is 12.4 Å². The van der Waals surface area contributed by atoms with Crippen molar-refractivity contribution >= 4 is 11.6 Å². The molecule has 25 heavy (non-hydrogen) atoms. The van der Waals surface area contributed by atoms with Crippen LogP contribution in [0.4, 0.5) is 10.1 Å². The second kappa shape index (κ2) is 8.62. The van der Waals surface area contributed by atoms with E-state index in [0.717, 1.165) is 5.56 Å². The van der Waals surface area contributed by atoms with E-state index in [9.17, 15) is 19.3 Å². The van der Waals surface area contributed by atoms with Crippen LogP contribution in [-0.2, 0) is 11.2 Å². The normalized spacial score (nSPS) is 10.2. The zero-order chi connectivity index (χ0) is 18.2. The number of nitrogens with zero attached hydrogens (tertiary/aromatic N) is 1. The second-order valence-corrected chi connectivity index (χ2v) is 5.11. The van der Waals surface area contributed by atoms with Crippen LogP contribution in [-0.4, -0.2) is 31.1 Å². The number of benzene rings is 2. The van der Waals surface area contributed by atoms with Crippen molar-refractivity contribution in [2.75, 3.05) is 20.3 Å². The molecule has 0 fully saturated rings. The van der Waals surface area contributed by atoms with Gasteiger partial charge in [-0.1, -0.05) is 12.1 Å². The largest absolute Gasteiger partial charge is 0.496 e. The zero-order valence-corrected chi connectivity index (χ0v) is 13.5. The highest BCUT2D eigenvalue weighted by molar-refractivity contribution is 5.77. The number of hydrogen-bond acceptors (Lipinski definition) is 5. The van der Waals surface area contributed by atoms with E-state index < -0.39 is 10.8 Å². The molecular formula is C17H17FN2O5. The summed E-state index contributed by atoms with van der Waals surface area (Å²) in [5.74, 6) is -0.420. The molecule has 0 aliphatic rings. The summed E-state index contributed by atoms with van der Waals surface area (Å²) in [6.45, 7) is -0.00484. The lowest BCUT2D eigenvalue weighted by Gasteiger charge is -2.09. The quantitative estimate of drug-likeness (QED) is 0.585. The molecule has 0 unspecified atom stereocenters. The van der Waals surface area contributed by atoms with Gasteiger partial charge in [-0.2, -0.15) is 0 Å². The van der Waals surface area contributed by atoms with Gasteiger partial charge in [0, 0.05) is 6.54 Å². The lowest BCUT2D eigenvalue weighted by atomic mass is 10.1. The summed E-state index contributed by atoms with van der Waals surface area (Å²) in [5.41, 5.74) is 0.604. The topological polar surface area (TPSA) is 90.7 Å². The molecule has 0 radical (unpaired) electrons. The first-order chi connectivity index (χ1) is 12.0. The first-order valence-corrected chi connectivity index (χ1v) is 7.46. The minimum atomic E-state index is -0.607. The molecule has 0 saturated carbocycles. The molecule has 2 aromatic rings. The molecule has 2 rings (SSSR count). The third-order valence-electron chi connectivity index (χ3n) is 3.37. The summed E-state index contributed by atoms with van der Waals surface area (Å²) in [7, 11) is 1.40. The molecule has 0 saturated heterocycles. The maximum Gasteiger partial charge on any atom is 0.314 e. The molecule has 0 heterocycles. The van der Waals surface area contributed by atoms with Gasteiger partial charge in [0.1, 0.15) is 11.6 Å². The Balaban J connectivity index is 1.83. The minimum Gasteiger partial charge on any atom is -0.496 e. The third kappa shape index (κ3) is 5.45. The van der Waals surface area contributed by atoms with Crippen LogP contribution in [0.2, 0.25) is 0 Å². The predicted octanol–water partition coefficient (Wildman–Crippen LogP) is 2.48. The maximum absolute atomic E-state index is 12.8. The number of rotatable bonds is 8. The zero-order valence-electron chi connectivity index (χ0n) is 13.5. The smallest absolute Gasteiger partial charge is 0.314 e. The van der Waals surface area contributed by atoms with Gasteiger partial charge in [0.05, 0.1) is 18.1 Å². The Hall–Kier alpha value is -3.16. The van der Waals surface area contributed by atoms with Crippen molar-refractivity contribution in [1.29, 1.82) is 0 Å². The fourth-order valence-corrected chi connectivity index (χ4v) is 2.08. The van der Waals surface area contributed by atoms with E-state index in [2.05, 4.69) is 5.32 Å². The Morgan fingerprint density at radius 2 is 1.96 bits per heavy atom. The Labute approximate surface area is 143 Å². The lowest BCUT2D eigenvalue weighted by molar-refractivity contribution is -0.385. The van der Waals surface area contributed by atoms with Crippen LogP contribution in [0.25, 0.3) is 0 Å². The Bertz CT molecular complexity index is 749. The summed E-state index contributed by atoms with van der Waals surface area (Å²) in [6, 6.07) is 10.1. The van der Waals surface area contributed by atoms with Crippen LogP contribution in [0.3, 0.4) is 0 Å². The number of carbonyl (C=O) groups is 1. The van der Waals surface area contributed by atoms with Gasteiger partial charge in [0.2, 0.25) is 0 Å². The number of carbonyl (C=O) groups excluding carboxylic acids is 1.